The summed E-state index contributed by atoms with van der Waals surface area (Å²) in [6, 6.07) is 24.0. The zero-order valence-corrected chi connectivity index (χ0v) is 25.5. The summed E-state index contributed by atoms with van der Waals surface area (Å²) in [6.45, 7) is 2.03. The van der Waals surface area contributed by atoms with Crippen molar-refractivity contribution in [3.8, 4) is 28.6 Å². The number of benzene rings is 3. The van der Waals surface area contributed by atoms with Crippen molar-refractivity contribution in [2.45, 2.75) is 25.6 Å². The number of aliphatic hydroxyl groups excluding tert-OH is 2. The monoisotopic (exact) mass is 632 g/mol. The number of nitrogen functional groups attached to an aromatic ring is 1. The lowest BCUT2D eigenvalue weighted by molar-refractivity contribution is 0.0940. The van der Waals surface area contributed by atoms with Crippen molar-refractivity contribution in [3.05, 3.63) is 119 Å². The van der Waals surface area contributed by atoms with Gasteiger partial charge in [-0.15, -0.1) is 0 Å². The van der Waals surface area contributed by atoms with Crippen LogP contribution in [0.25, 0.3) is 22.5 Å². The minimum atomic E-state index is -0.851. The van der Waals surface area contributed by atoms with Gasteiger partial charge in [-0.05, 0) is 48.4 Å². The molecule has 3 aromatic carbocycles. The summed E-state index contributed by atoms with van der Waals surface area (Å²) in [5, 5.41) is 37.1. The van der Waals surface area contributed by atoms with E-state index >= 15 is 0 Å². The number of carbonyl (C=O) groups is 1. The highest BCUT2D eigenvalue weighted by molar-refractivity contribution is 5.99. The third-order valence-electron chi connectivity index (χ3n) is 7.40. The molecule has 1 unspecified atom stereocenters. The molecule has 0 aliphatic rings. The molecule has 0 radical (unpaired) electrons. The Morgan fingerprint density at radius 3 is 2.36 bits per heavy atom. The van der Waals surface area contributed by atoms with Crippen molar-refractivity contribution < 1.29 is 19.4 Å². The normalized spacial score (nSPS) is 12.1. The van der Waals surface area contributed by atoms with Gasteiger partial charge in [0.15, 0.2) is 0 Å². The van der Waals surface area contributed by atoms with Crippen LogP contribution in [-0.2, 0) is 6.54 Å². The van der Waals surface area contributed by atoms with Gasteiger partial charge in [-0.3, -0.25) is 4.79 Å². The number of aromatic nitrogens is 3. The summed E-state index contributed by atoms with van der Waals surface area (Å²) in [5.41, 5.74) is 11.8. The summed E-state index contributed by atoms with van der Waals surface area (Å²) in [7, 11) is 0. The molecule has 0 aliphatic carbocycles. The molecule has 0 saturated heterocycles. The smallest absolute Gasteiger partial charge is 0.255 e. The first-order chi connectivity index (χ1) is 22.7. The van der Waals surface area contributed by atoms with Crippen molar-refractivity contribution in [3.63, 3.8) is 0 Å². The molecule has 5 rings (SSSR count). The second-order valence-corrected chi connectivity index (χ2v) is 10.8. The molecule has 12 heteroatoms. The number of nitrogens with one attached hydrogen (secondary N) is 3. The number of nitrogens with zero attached hydrogens (tertiary/aromatic N) is 4. The first-order valence-electron chi connectivity index (χ1n) is 14.8. The number of hydrogen-bond acceptors (Lipinski definition) is 10. The molecular weight excluding hydrogens is 599 g/mol. The number of amides is 1. The van der Waals surface area contributed by atoms with Crippen LogP contribution < -0.4 is 21.7 Å². The molecule has 2 aromatic heterocycles. The van der Waals surface area contributed by atoms with Crippen LogP contribution in [0.3, 0.4) is 0 Å². The molecule has 5 aromatic rings. The number of anilines is 3. The van der Waals surface area contributed by atoms with Crippen molar-refractivity contribution in [2.24, 2.45) is 0 Å². The number of hydrogen-bond donors (Lipinski definition) is 6. The second-order valence-electron chi connectivity index (χ2n) is 10.8. The Bertz CT molecular complexity index is 1880. The summed E-state index contributed by atoms with van der Waals surface area (Å²) in [4.78, 5) is 26.6. The standard InChI is InChI=1S/C35H33FN8O3/c1-21(24-6-10-27(36)11-7-24)43-35(47)30-14-23(15-37)17-42-34(30)41-16-22-2-4-25(5-3-22)31-19-40-33(38)32(44-31)26-8-12-28(13-9-26)39-18-29(46)20-45/h2-14,17,19,21,29,39,45-46H,16,18,20H2,1H3,(H2,38,40)(H,41,42)(H,43,47)/t21-,29?/m0/s1. The largest absolute Gasteiger partial charge is 0.394 e. The van der Waals surface area contributed by atoms with Crippen LogP contribution in [0.2, 0.25) is 0 Å². The van der Waals surface area contributed by atoms with Crippen LogP contribution in [0.5, 0.6) is 0 Å². The Hall–Kier alpha value is -5.90. The zero-order chi connectivity index (χ0) is 33.3. The molecule has 238 valence electrons. The number of nitriles is 1. The topological polar surface area (TPSA) is 182 Å². The first-order valence-corrected chi connectivity index (χ1v) is 14.8. The van der Waals surface area contributed by atoms with E-state index in [0.717, 1.165) is 27.9 Å². The minimum absolute atomic E-state index is 0.214. The SMILES string of the molecule is C[C@H](NC(=O)c1cc(C#N)cnc1NCc1ccc(-c2cnc(N)c(-c3ccc(NCC(O)CO)cc3)n2)cc1)c1ccc(F)cc1. The Kier molecular flexibility index (Phi) is 10.3. The van der Waals surface area contributed by atoms with Gasteiger partial charge in [0.1, 0.15) is 29.2 Å². The molecule has 0 spiro atoms. The minimum Gasteiger partial charge on any atom is -0.394 e. The quantitative estimate of drug-likeness (QED) is 0.113. The molecular formula is C35H33FN8O3. The third kappa shape index (κ3) is 8.23. The fraction of sp³-hybridized carbons (Fsp3) is 0.171. The average molecular weight is 633 g/mol. The molecule has 0 saturated carbocycles. The van der Waals surface area contributed by atoms with E-state index in [-0.39, 0.29) is 35.9 Å². The van der Waals surface area contributed by atoms with Crippen LogP contribution in [-0.4, -0.2) is 50.3 Å². The molecule has 2 atom stereocenters. The van der Waals surface area contributed by atoms with E-state index in [9.17, 15) is 19.6 Å². The Labute approximate surface area is 271 Å². The Morgan fingerprint density at radius 1 is 0.979 bits per heavy atom. The molecule has 7 N–H and O–H groups in total. The second kappa shape index (κ2) is 14.9. The van der Waals surface area contributed by atoms with E-state index in [1.165, 1.54) is 24.4 Å². The third-order valence-corrected chi connectivity index (χ3v) is 7.40. The molecule has 0 fully saturated rings. The number of aliphatic hydroxyl groups is 2. The first kappa shape index (κ1) is 32.5. The predicted octanol–water partition coefficient (Wildman–Crippen LogP) is 4.67. The maximum Gasteiger partial charge on any atom is 0.255 e. The van der Waals surface area contributed by atoms with Crippen molar-refractivity contribution in [2.75, 3.05) is 29.5 Å². The van der Waals surface area contributed by atoms with Gasteiger partial charge in [-0.2, -0.15) is 5.26 Å². The van der Waals surface area contributed by atoms with Gasteiger partial charge in [0, 0.05) is 36.1 Å². The number of pyridine rings is 1. The van der Waals surface area contributed by atoms with Crippen molar-refractivity contribution in [1.29, 1.82) is 5.26 Å². The van der Waals surface area contributed by atoms with E-state index in [1.807, 2.05) is 54.6 Å². The lowest BCUT2D eigenvalue weighted by atomic mass is 10.1. The summed E-state index contributed by atoms with van der Waals surface area (Å²) < 4.78 is 13.3. The molecule has 11 nitrogen and oxygen atoms in total. The van der Waals surface area contributed by atoms with E-state index in [1.54, 1.807) is 25.3 Å². The van der Waals surface area contributed by atoms with Gasteiger partial charge in [-0.25, -0.2) is 19.3 Å². The van der Waals surface area contributed by atoms with Crippen LogP contribution >= 0.6 is 0 Å². The highest BCUT2D eigenvalue weighted by Gasteiger charge is 2.18. The fourth-order valence-electron chi connectivity index (χ4n) is 4.72. The van der Waals surface area contributed by atoms with Crippen LogP contribution in [0.1, 0.15) is 40.0 Å². The zero-order valence-electron chi connectivity index (χ0n) is 25.5. The van der Waals surface area contributed by atoms with E-state index in [2.05, 4.69) is 25.9 Å². The summed E-state index contributed by atoms with van der Waals surface area (Å²) >= 11 is 0. The van der Waals surface area contributed by atoms with Gasteiger partial charge in [0.05, 0.1) is 41.8 Å². The highest BCUT2D eigenvalue weighted by atomic mass is 19.1. The summed E-state index contributed by atoms with van der Waals surface area (Å²) in [5.74, 6) is -0.184. The summed E-state index contributed by atoms with van der Waals surface area (Å²) in [6.07, 6.45) is 2.15. The van der Waals surface area contributed by atoms with Crippen molar-refractivity contribution in [1.82, 2.24) is 20.3 Å². The Balaban J connectivity index is 1.27. The fourth-order valence-corrected chi connectivity index (χ4v) is 4.72. The number of rotatable bonds is 12. The van der Waals surface area contributed by atoms with Gasteiger partial charge in [0.2, 0.25) is 0 Å². The molecule has 1 amide bonds. The molecule has 2 heterocycles. The van der Waals surface area contributed by atoms with Crippen LogP contribution in [0.15, 0.2) is 91.3 Å². The van der Waals surface area contributed by atoms with Crippen LogP contribution in [0.4, 0.5) is 21.7 Å². The average Bonchev–Trinajstić information content (AvgIpc) is 3.10. The van der Waals surface area contributed by atoms with Crippen molar-refractivity contribution >= 4 is 23.2 Å². The Morgan fingerprint density at radius 2 is 1.68 bits per heavy atom. The maximum atomic E-state index is 13.3. The lowest BCUT2D eigenvalue weighted by Gasteiger charge is -2.16. The highest BCUT2D eigenvalue weighted by Crippen LogP contribution is 2.27. The molecule has 47 heavy (non-hydrogen) atoms. The number of nitrogens with two attached hydrogens (primary N) is 1. The molecule has 0 bridgehead atoms. The number of carbonyl (C=O) groups excluding carboxylic acids is 1. The van der Waals surface area contributed by atoms with E-state index in [4.69, 9.17) is 15.8 Å². The van der Waals surface area contributed by atoms with Gasteiger partial charge >= 0.3 is 0 Å². The van der Waals surface area contributed by atoms with Gasteiger partial charge < -0.3 is 31.9 Å². The maximum absolute atomic E-state index is 13.3. The van der Waals surface area contributed by atoms with Gasteiger partial charge in [0.25, 0.3) is 5.91 Å². The van der Waals surface area contributed by atoms with Crippen LogP contribution in [0, 0.1) is 17.1 Å². The number of halogens is 1. The predicted molar refractivity (Wildman–Crippen MR) is 177 cm³/mol. The van der Waals surface area contributed by atoms with E-state index < -0.39 is 18.1 Å². The molecule has 0 aliphatic heterocycles. The van der Waals surface area contributed by atoms with Gasteiger partial charge in [-0.1, -0.05) is 48.5 Å². The van der Waals surface area contributed by atoms with E-state index in [0.29, 0.717) is 23.8 Å². The lowest BCUT2D eigenvalue weighted by Crippen LogP contribution is -2.28.